The Kier molecular flexibility index (Phi) is 8.09. The summed E-state index contributed by atoms with van der Waals surface area (Å²) >= 11 is 1.95. The van der Waals surface area contributed by atoms with Crippen LogP contribution in [0.5, 0.6) is 0 Å². The summed E-state index contributed by atoms with van der Waals surface area (Å²) in [5.41, 5.74) is 10.4. The van der Waals surface area contributed by atoms with Gasteiger partial charge in [-0.05, 0) is 97.6 Å². The number of rotatable bonds is 6. The van der Waals surface area contributed by atoms with Gasteiger partial charge in [0.15, 0.2) is 8.07 Å². The standard InChI is InChI=1S/C52H35N3SSi/c1-4-17-41(18-5-1)55-46-25-11-10-23-45(46)50-47(55)27-28-49-52(50)56-51-44(24-12-26-48(51)57(49,42-19-6-2-7-20-42)43-21-8-3-9-22-43)40-32-38(36-15-13-29-53-34-36)31-39(33-40)37-16-14-30-54-35-37/h1-35H. The summed E-state index contributed by atoms with van der Waals surface area (Å²) in [6.07, 6.45) is 7.59. The van der Waals surface area contributed by atoms with E-state index >= 15 is 0 Å². The Morgan fingerprint density at radius 1 is 0.421 bits per heavy atom. The minimum Gasteiger partial charge on any atom is -0.309 e. The number of benzene rings is 7. The molecule has 3 nitrogen and oxygen atoms in total. The lowest BCUT2D eigenvalue weighted by molar-refractivity contribution is 1.18. The molecule has 0 fully saturated rings. The van der Waals surface area contributed by atoms with Crippen molar-refractivity contribution >= 4 is 62.4 Å². The number of hydrogen-bond acceptors (Lipinski definition) is 3. The lowest BCUT2D eigenvalue weighted by atomic mass is 9.94. The Morgan fingerprint density at radius 2 is 1.00 bits per heavy atom. The summed E-state index contributed by atoms with van der Waals surface area (Å²) < 4.78 is 2.44. The molecule has 0 radical (unpaired) electrons. The van der Waals surface area contributed by atoms with Gasteiger partial charge in [-0.15, -0.1) is 0 Å². The molecule has 5 heteroatoms. The van der Waals surface area contributed by atoms with E-state index in [0.29, 0.717) is 0 Å². The van der Waals surface area contributed by atoms with Crippen molar-refractivity contribution in [1.82, 2.24) is 14.5 Å². The first kappa shape index (κ1) is 33.5. The molecule has 7 aromatic carbocycles. The van der Waals surface area contributed by atoms with Crippen molar-refractivity contribution < 1.29 is 0 Å². The van der Waals surface area contributed by atoms with Gasteiger partial charge in [0.05, 0.1) is 11.0 Å². The molecular formula is C52H35N3SSi. The SMILES string of the molecule is c1ccc(-n2c3ccccc3c3c4c(ccc32)[Si](c2ccccc2)(c2ccccc2)c2cccc(-c3cc(-c5cccnc5)cc(-c5cccnc5)c3)c2S4)cc1. The van der Waals surface area contributed by atoms with Gasteiger partial charge in [0.25, 0.3) is 0 Å². The largest absolute Gasteiger partial charge is 0.309 e. The molecule has 0 amide bonds. The van der Waals surface area contributed by atoms with E-state index in [-0.39, 0.29) is 0 Å². The lowest BCUT2D eigenvalue weighted by Crippen LogP contribution is -2.76. The highest BCUT2D eigenvalue weighted by Gasteiger charge is 2.48. The average molecular weight is 762 g/mol. The Morgan fingerprint density at radius 3 is 1.63 bits per heavy atom. The fraction of sp³-hybridized carbons (Fsp3) is 0. The molecule has 0 saturated carbocycles. The van der Waals surface area contributed by atoms with Gasteiger partial charge in [-0.2, -0.15) is 0 Å². The molecule has 0 unspecified atom stereocenters. The zero-order chi connectivity index (χ0) is 37.8. The smallest absolute Gasteiger partial charge is 0.181 e. The van der Waals surface area contributed by atoms with Crippen molar-refractivity contribution in [3.63, 3.8) is 0 Å². The predicted molar refractivity (Wildman–Crippen MR) is 240 cm³/mol. The van der Waals surface area contributed by atoms with Gasteiger partial charge >= 0.3 is 0 Å². The summed E-state index contributed by atoms with van der Waals surface area (Å²) in [7, 11) is -2.92. The van der Waals surface area contributed by atoms with E-state index in [2.05, 4.69) is 190 Å². The third-order valence-electron chi connectivity index (χ3n) is 11.5. The molecule has 0 aliphatic carbocycles. The van der Waals surface area contributed by atoms with Gasteiger partial charge in [-0.25, -0.2) is 0 Å². The Bertz CT molecular complexity index is 2980. The van der Waals surface area contributed by atoms with E-state index in [9.17, 15) is 0 Å². The van der Waals surface area contributed by atoms with Crippen LogP contribution in [0, 0.1) is 0 Å². The first-order chi connectivity index (χ1) is 28.3. The molecule has 0 saturated heterocycles. The van der Waals surface area contributed by atoms with E-state index < -0.39 is 8.07 Å². The van der Waals surface area contributed by atoms with Crippen LogP contribution in [0.3, 0.4) is 0 Å². The lowest BCUT2D eigenvalue weighted by Gasteiger charge is -2.41. The highest BCUT2D eigenvalue weighted by Crippen LogP contribution is 2.46. The van der Waals surface area contributed by atoms with Crippen molar-refractivity contribution in [2.75, 3.05) is 0 Å². The zero-order valence-electron chi connectivity index (χ0n) is 31.0. The molecule has 3 aromatic heterocycles. The van der Waals surface area contributed by atoms with Gasteiger partial charge < -0.3 is 4.57 Å². The second-order valence-electron chi connectivity index (χ2n) is 14.6. The van der Waals surface area contributed by atoms with Crippen LogP contribution in [0.4, 0.5) is 0 Å². The number of hydrogen-bond donors (Lipinski definition) is 0. The summed E-state index contributed by atoms with van der Waals surface area (Å²) in [5, 5.41) is 8.17. The number of aromatic nitrogens is 3. The van der Waals surface area contributed by atoms with Crippen molar-refractivity contribution in [3.8, 4) is 39.1 Å². The number of fused-ring (bicyclic) bond motifs is 6. The number of para-hydroxylation sites is 2. The monoisotopic (exact) mass is 761 g/mol. The Labute approximate surface area is 337 Å². The minimum atomic E-state index is -2.92. The molecule has 0 N–H and O–H groups in total. The fourth-order valence-electron chi connectivity index (χ4n) is 9.05. The van der Waals surface area contributed by atoms with Crippen LogP contribution in [-0.4, -0.2) is 22.6 Å². The molecule has 0 bridgehead atoms. The average Bonchev–Trinajstić information content (AvgIpc) is 3.64. The maximum Gasteiger partial charge on any atom is 0.181 e. The quantitative estimate of drug-likeness (QED) is 0.158. The van der Waals surface area contributed by atoms with Crippen LogP contribution in [0.25, 0.3) is 60.9 Å². The van der Waals surface area contributed by atoms with Crippen LogP contribution in [-0.2, 0) is 0 Å². The maximum atomic E-state index is 4.51. The van der Waals surface area contributed by atoms with Crippen LogP contribution in [0.15, 0.2) is 223 Å². The summed E-state index contributed by atoms with van der Waals surface area (Å²) in [6, 6.07) is 69.5. The molecular weight excluding hydrogens is 727 g/mol. The Hall–Kier alpha value is -6.79. The Balaban J connectivity index is 1.27. The van der Waals surface area contributed by atoms with E-state index in [1.165, 1.54) is 63.5 Å². The van der Waals surface area contributed by atoms with Crippen LogP contribution in [0.1, 0.15) is 0 Å². The van der Waals surface area contributed by atoms with E-state index in [4.69, 9.17) is 0 Å². The van der Waals surface area contributed by atoms with Crippen LogP contribution < -0.4 is 20.7 Å². The molecule has 10 aromatic rings. The fourth-order valence-corrected chi connectivity index (χ4v) is 16.3. The summed E-state index contributed by atoms with van der Waals surface area (Å²) in [6.45, 7) is 0. The molecule has 57 heavy (non-hydrogen) atoms. The van der Waals surface area contributed by atoms with E-state index in [1.54, 1.807) is 0 Å². The first-order valence-electron chi connectivity index (χ1n) is 19.3. The minimum absolute atomic E-state index is 1.08. The second kappa shape index (κ2) is 13.7. The molecule has 4 heterocycles. The van der Waals surface area contributed by atoms with Crippen molar-refractivity contribution in [2.45, 2.75) is 9.79 Å². The van der Waals surface area contributed by atoms with Gasteiger partial charge in [0, 0.05) is 62.2 Å². The molecule has 1 aliphatic heterocycles. The van der Waals surface area contributed by atoms with Gasteiger partial charge in [-0.1, -0.05) is 145 Å². The molecule has 11 rings (SSSR count). The van der Waals surface area contributed by atoms with Crippen molar-refractivity contribution in [1.29, 1.82) is 0 Å². The second-order valence-corrected chi connectivity index (χ2v) is 19.3. The van der Waals surface area contributed by atoms with Crippen molar-refractivity contribution in [3.05, 3.63) is 213 Å². The third-order valence-corrected chi connectivity index (χ3v) is 18.0. The summed E-state index contributed by atoms with van der Waals surface area (Å²) in [4.78, 5) is 11.7. The molecule has 268 valence electrons. The van der Waals surface area contributed by atoms with Gasteiger partial charge in [0.1, 0.15) is 0 Å². The molecule has 0 spiro atoms. The maximum absolute atomic E-state index is 4.51. The highest BCUT2D eigenvalue weighted by atomic mass is 32.2. The predicted octanol–water partition coefficient (Wildman–Crippen LogP) is 10.4. The van der Waals surface area contributed by atoms with E-state index in [0.717, 1.165) is 27.9 Å². The van der Waals surface area contributed by atoms with E-state index in [1.807, 2.05) is 48.7 Å². The van der Waals surface area contributed by atoms with Gasteiger partial charge in [-0.3, -0.25) is 9.97 Å². The zero-order valence-corrected chi connectivity index (χ0v) is 32.8. The normalized spacial score (nSPS) is 13.0. The third kappa shape index (κ3) is 5.35. The van der Waals surface area contributed by atoms with Crippen LogP contribution in [0.2, 0.25) is 0 Å². The molecule has 0 atom stereocenters. The highest BCUT2D eigenvalue weighted by molar-refractivity contribution is 8.00. The molecule has 1 aliphatic rings. The number of pyridine rings is 2. The van der Waals surface area contributed by atoms with Crippen molar-refractivity contribution in [2.24, 2.45) is 0 Å². The van der Waals surface area contributed by atoms with Gasteiger partial charge in [0.2, 0.25) is 0 Å². The van der Waals surface area contributed by atoms with Crippen LogP contribution >= 0.6 is 11.8 Å². The summed E-state index contributed by atoms with van der Waals surface area (Å²) in [5.74, 6) is 0. The number of nitrogens with zero attached hydrogens (tertiary/aromatic N) is 3. The first-order valence-corrected chi connectivity index (χ1v) is 22.1. The topological polar surface area (TPSA) is 30.7 Å².